The predicted molar refractivity (Wildman–Crippen MR) is 78.7 cm³/mol. The van der Waals surface area contributed by atoms with Gasteiger partial charge in [-0.1, -0.05) is 0 Å². The molecule has 0 bridgehead atoms. The van der Waals surface area contributed by atoms with Gasteiger partial charge in [0.25, 0.3) is 0 Å². The van der Waals surface area contributed by atoms with E-state index in [1.54, 1.807) is 0 Å². The summed E-state index contributed by atoms with van der Waals surface area (Å²) in [4.78, 5) is 16.8. The van der Waals surface area contributed by atoms with Crippen LogP contribution in [0, 0.1) is 11.8 Å². The molecule has 0 N–H and O–H groups in total. The van der Waals surface area contributed by atoms with Gasteiger partial charge < -0.3 is 14.8 Å². The summed E-state index contributed by atoms with van der Waals surface area (Å²) in [6.45, 7) is 1.28. The number of carboxylic acid groups (broad SMARTS) is 1. The number of nitrogens with zero attached hydrogens (tertiary/aromatic N) is 4. The minimum Gasteiger partial charge on any atom is -0.545 e. The number of aromatic carboxylic acids is 1. The van der Waals surface area contributed by atoms with E-state index >= 15 is 0 Å². The number of alkyl halides is 3. The number of anilines is 1. The summed E-state index contributed by atoms with van der Waals surface area (Å²) in [5.74, 6) is 0.0772. The first-order valence-electron chi connectivity index (χ1n) is 7.86. The Morgan fingerprint density at radius 2 is 1.96 bits per heavy atom. The minimum absolute atomic E-state index is 0. The molecule has 2 aliphatic rings. The molecule has 3 heterocycles. The number of halogens is 3. The Morgan fingerprint density at radius 1 is 1.27 bits per heavy atom. The molecule has 26 heavy (non-hydrogen) atoms. The fourth-order valence-electron chi connectivity index (χ4n) is 3.35. The zero-order chi connectivity index (χ0) is 17.8. The van der Waals surface area contributed by atoms with Crippen LogP contribution in [0.25, 0.3) is 0 Å². The summed E-state index contributed by atoms with van der Waals surface area (Å²) in [6.07, 6.45) is 0.00153. The quantitative estimate of drug-likeness (QED) is 0.601. The van der Waals surface area contributed by atoms with E-state index in [0.29, 0.717) is 17.7 Å². The monoisotopic (exact) mass is 358 g/mol. The number of carboxylic acids is 1. The first-order chi connectivity index (χ1) is 11.8. The molecule has 132 valence electrons. The van der Waals surface area contributed by atoms with Gasteiger partial charge in [-0.3, -0.25) is 4.68 Å². The normalized spacial score (nSPS) is 21.3. The molecule has 4 rings (SSSR count). The predicted octanol–water partition coefficient (Wildman–Crippen LogP) is -1.83. The maximum absolute atomic E-state index is 13.5. The Kier molecular flexibility index (Phi) is 4.80. The van der Waals surface area contributed by atoms with Gasteiger partial charge in [-0.2, -0.15) is 18.3 Å². The van der Waals surface area contributed by atoms with E-state index < -0.39 is 17.7 Å². The molecule has 1 saturated heterocycles. The standard InChI is InChI=1S/C16H15F3N4O2.Li/c17-16(18,19)13-2-14(22-5-9-1-10(9)6-22)20-3-11(13)7-23-8-12(4-21-23)15(24)25;/h2-4,8-10H,1,5-7H2,(H,24,25);/q;+1/p-1. The fraction of sp³-hybridized carbons (Fsp3) is 0.438. The largest absolute Gasteiger partial charge is 1.00 e. The van der Waals surface area contributed by atoms with Gasteiger partial charge in [-0.15, -0.1) is 0 Å². The third-order valence-electron chi connectivity index (χ3n) is 4.78. The van der Waals surface area contributed by atoms with Crippen LogP contribution in [-0.2, 0) is 12.7 Å². The summed E-state index contributed by atoms with van der Waals surface area (Å²) < 4.78 is 41.5. The second-order valence-electron chi connectivity index (χ2n) is 6.57. The second-order valence-corrected chi connectivity index (χ2v) is 6.57. The summed E-state index contributed by atoms with van der Waals surface area (Å²) in [7, 11) is 0. The van der Waals surface area contributed by atoms with Crippen molar-refractivity contribution in [3.63, 3.8) is 0 Å². The maximum Gasteiger partial charge on any atom is 1.00 e. The number of hydrogen-bond donors (Lipinski definition) is 0. The summed E-state index contributed by atoms with van der Waals surface area (Å²) in [5, 5.41) is 14.5. The van der Waals surface area contributed by atoms with E-state index in [0.717, 1.165) is 42.7 Å². The minimum atomic E-state index is -4.53. The molecule has 1 aliphatic carbocycles. The van der Waals surface area contributed by atoms with E-state index in [1.165, 1.54) is 6.20 Å². The number of carbonyl (C=O) groups is 1. The van der Waals surface area contributed by atoms with Crippen molar-refractivity contribution in [3.8, 4) is 0 Å². The molecule has 0 radical (unpaired) electrons. The van der Waals surface area contributed by atoms with Gasteiger partial charge in [0.1, 0.15) is 5.82 Å². The molecular formula is C16H14F3LiN4O2. The van der Waals surface area contributed by atoms with Crippen molar-refractivity contribution in [3.05, 3.63) is 41.3 Å². The van der Waals surface area contributed by atoms with Crippen LogP contribution in [-0.4, -0.2) is 33.8 Å². The van der Waals surface area contributed by atoms with Gasteiger partial charge in [0.15, 0.2) is 0 Å². The number of piperidine rings is 1. The van der Waals surface area contributed by atoms with Crippen molar-refractivity contribution in [2.45, 2.75) is 19.1 Å². The first kappa shape index (κ1) is 18.8. The van der Waals surface area contributed by atoms with Gasteiger partial charge in [-0.05, 0) is 24.3 Å². The molecule has 10 heteroatoms. The van der Waals surface area contributed by atoms with Crippen LogP contribution < -0.4 is 28.9 Å². The van der Waals surface area contributed by atoms with Crippen molar-refractivity contribution in [1.82, 2.24) is 14.8 Å². The number of hydrogen-bond acceptors (Lipinski definition) is 5. The van der Waals surface area contributed by atoms with Gasteiger partial charge in [0, 0.05) is 36.6 Å². The van der Waals surface area contributed by atoms with Crippen molar-refractivity contribution in [1.29, 1.82) is 0 Å². The third-order valence-corrected chi connectivity index (χ3v) is 4.78. The summed E-state index contributed by atoms with van der Waals surface area (Å²) >= 11 is 0. The number of fused-ring (bicyclic) bond motifs is 1. The van der Waals surface area contributed by atoms with Crippen molar-refractivity contribution in [2.24, 2.45) is 11.8 Å². The molecule has 1 saturated carbocycles. The van der Waals surface area contributed by atoms with E-state index in [2.05, 4.69) is 10.1 Å². The number of aromatic nitrogens is 3. The SMILES string of the molecule is O=C([O-])c1cnn(Cc2cnc(N3CC4CC4C3)cc2C(F)(F)F)c1.[Li+]. The topological polar surface area (TPSA) is 74.1 Å². The number of carbonyl (C=O) groups excluding carboxylic acids is 1. The van der Waals surface area contributed by atoms with E-state index in [1.807, 2.05) is 4.90 Å². The van der Waals surface area contributed by atoms with Gasteiger partial charge >= 0.3 is 25.0 Å². The molecule has 2 unspecified atom stereocenters. The summed E-state index contributed by atoms with van der Waals surface area (Å²) in [6, 6.07) is 1.07. The van der Waals surface area contributed by atoms with Crippen molar-refractivity contribution >= 4 is 11.8 Å². The molecule has 0 amide bonds. The molecule has 2 fully saturated rings. The second kappa shape index (κ2) is 6.63. The summed E-state index contributed by atoms with van der Waals surface area (Å²) in [5.41, 5.74) is -1.02. The van der Waals surface area contributed by atoms with Crippen LogP contribution in [0.1, 0.15) is 27.9 Å². The maximum atomic E-state index is 13.5. The van der Waals surface area contributed by atoms with Gasteiger partial charge in [0.05, 0.1) is 24.3 Å². The molecule has 0 spiro atoms. The Hall–Kier alpha value is -1.98. The molecular weight excluding hydrogens is 344 g/mol. The van der Waals surface area contributed by atoms with E-state index in [9.17, 15) is 23.1 Å². The Balaban J connectivity index is 0.00000196. The van der Waals surface area contributed by atoms with Crippen LogP contribution in [0.3, 0.4) is 0 Å². The Morgan fingerprint density at radius 3 is 2.54 bits per heavy atom. The van der Waals surface area contributed by atoms with Crippen LogP contribution in [0.2, 0.25) is 0 Å². The van der Waals surface area contributed by atoms with Crippen LogP contribution in [0.4, 0.5) is 19.0 Å². The molecule has 0 aromatic carbocycles. The average molecular weight is 358 g/mol. The molecule has 1 aliphatic heterocycles. The number of rotatable bonds is 4. The van der Waals surface area contributed by atoms with Gasteiger partial charge in [-0.25, -0.2) is 4.98 Å². The van der Waals surface area contributed by atoms with Crippen molar-refractivity contribution < 1.29 is 41.9 Å². The van der Waals surface area contributed by atoms with E-state index in [-0.39, 0.29) is 36.5 Å². The Bertz CT molecular complexity index is 829. The number of pyridine rings is 1. The molecule has 2 aromatic heterocycles. The Labute approximate surface area is 159 Å². The third kappa shape index (κ3) is 3.59. The van der Waals surface area contributed by atoms with Crippen LogP contribution in [0.15, 0.2) is 24.7 Å². The zero-order valence-electron chi connectivity index (χ0n) is 14.0. The van der Waals surface area contributed by atoms with E-state index in [4.69, 9.17) is 0 Å². The van der Waals surface area contributed by atoms with Gasteiger partial charge in [0.2, 0.25) is 0 Å². The molecule has 2 atom stereocenters. The van der Waals surface area contributed by atoms with Crippen LogP contribution >= 0.6 is 0 Å². The smallest absolute Gasteiger partial charge is 0.545 e. The first-order valence-corrected chi connectivity index (χ1v) is 7.86. The average Bonchev–Trinajstić information content (AvgIpc) is 2.96. The fourth-order valence-corrected chi connectivity index (χ4v) is 3.35. The van der Waals surface area contributed by atoms with Crippen molar-refractivity contribution in [2.75, 3.05) is 18.0 Å². The molecule has 2 aromatic rings. The molecule has 6 nitrogen and oxygen atoms in total. The van der Waals surface area contributed by atoms with Crippen LogP contribution in [0.5, 0.6) is 0 Å². The zero-order valence-corrected chi connectivity index (χ0v) is 14.0.